The summed E-state index contributed by atoms with van der Waals surface area (Å²) in [6.45, 7) is 0. The average Bonchev–Trinajstić information content (AvgIpc) is 2.75. The summed E-state index contributed by atoms with van der Waals surface area (Å²) in [7, 11) is 0. The predicted octanol–water partition coefficient (Wildman–Crippen LogP) is 3.57. The molecule has 18 heavy (non-hydrogen) atoms. The maximum absolute atomic E-state index is 13.2. The third-order valence-electron chi connectivity index (χ3n) is 2.47. The van der Waals surface area contributed by atoms with Crippen LogP contribution < -0.4 is 0 Å². The molecule has 3 aromatic heterocycles. The molecule has 7 heteroatoms. The molecule has 0 saturated carbocycles. The molecular weight excluding hydrogens is 323 g/mol. The number of rotatable bonds is 1. The second-order valence-electron chi connectivity index (χ2n) is 3.61. The molecule has 0 saturated heterocycles. The Morgan fingerprint density at radius 1 is 1.22 bits per heavy atom. The molecule has 0 amide bonds. The van der Waals surface area contributed by atoms with Gasteiger partial charge in [-0.05, 0) is 22.0 Å². The Morgan fingerprint density at radius 2 is 2.06 bits per heavy atom. The molecule has 0 aliphatic carbocycles. The summed E-state index contributed by atoms with van der Waals surface area (Å²) < 4.78 is 14.0. The van der Waals surface area contributed by atoms with Gasteiger partial charge in [0.2, 0.25) is 5.95 Å². The van der Waals surface area contributed by atoms with Crippen LogP contribution >= 0.6 is 27.5 Å². The van der Waals surface area contributed by atoms with E-state index in [9.17, 15) is 4.39 Å². The van der Waals surface area contributed by atoms with Crippen molar-refractivity contribution in [1.29, 1.82) is 0 Å². The summed E-state index contributed by atoms with van der Waals surface area (Å²) >= 11 is 9.35. The number of nitrogens with zero attached hydrogens (tertiary/aromatic N) is 3. The van der Waals surface area contributed by atoms with Gasteiger partial charge in [-0.2, -0.15) is 9.49 Å². The van der Waals surface area contributed by atoms with E-state index in [-0.39, 0.29) is 0 Å². The summed E-state index contributed by atoms with van der Waals surface area (Å²) in [6.07, 6.45) is 2.91. The molecule has 0 bridgehead atoms. The van der Waals surface area contributed by atoms with Crippen molar-refractivity contribution in [1.82, 2.24) is 20.2 Å². The predicted molar refractivity (Wildman–Crippen MR) is 69.8 cm³/mol. The molecule has 3 aromatic rings. The molecule has 4 nitrogen and oxygen atoms in total. The summed E-state index contributed by atoms with van der Waals surface area (Å²) in [5.41, 5.74) is 1.66. The lowest BCUT2D eigenvalue weighted by Crippen LogP contribution is -1.87. The van der Waals surface area contributed by atoms with E-state index in [0.29, 0.717) is 21.9 Å². The fraction of sp³-hybridized carbons (Fsp3) is 0. The van der Waals surface area contributed by atoms with E-state index in [2.05, 4.69) is 36.1 Å². The van der Waals surface area contributed by atoms with Crippen molar-refractivity contribution in [2.24, 2.45) is 0 Å². The Morgan fingerprint density at radius 3 is 2.89 bits per heavy atom. The van der Waals surface area contributed by atoms with Crippen LogP contribution in [0.3, 0.4) is 0 Å². The van der Waals surface area contributed by atoms with Crippen molar-refractivity contribution in [2.75, 3.05) is 0 Å². The molecule has 0 fully saturated rings. The van der Waals surface area contributed by atoms with Crippen molar-refractivity contribution >= 4 is 38.6 Å². The first kappa shape index (κ1) is 11.6. The quantitative estimate of drug-likeness (QED) is 0.695. The smallest absolute Gasteiger partial charge is 0.213 e. The van der Waals surface area contributed by atoms with Crippen LogP contribution in [-0.2, 0) is 0 Å². The zero-order valence-electron chi connectivity index (χ0n) is 8.78. The SMILES string of the molecule is Fc1cc(-c2[nH]nc3ncc(Br)cc23)c(Cl)cn1. The standard InChI is InChI=1S/C11H5BrClFN4/c12-5-1-7-10(17-18-11(7)16-3-5)6-2-9(14)15-4-8(6)13/h1-4H,(H,16,17,18). The van der Waals surface area contributed by atoms with E-state index in [0.717, 1.165) is 9.86 Å². The van der Waals surface area contributed by atoms with Crippen LogP contribution in [0.25, 0.3) is 22.3 Å². The number of nitrogens with one attached hydrogen (secondary N) is 1. The Hall–Kier alpha value is -1.53. The first-order valence-electron chi connectivity index (χ1n) is 4.96. The Bertz CT molecular complexity index is 743. The van der Waals surface area contributed by atoms with Gasteiger partial charge in [-0.3, -0.25) is 5.10 Å². The second-order valence-corrected chi connectivity index (χ2v) is 4.93. The highest BCUT2D eigenvalue weighted by Gasteiger charge is 2.13. The first-order valence-corrected chi connectivity index (χ1v) is 6.13. The molecule has 0 unspecified atom stereocenters. The van der Waals surface area contributed by atoms with Gasteiger partial charge in [-0.15, -0.1) is 0 Å². The minimum absolute atomic E-state index is 0.349. The molecule has 90 valence electrons. The summed E-state index contributed by atoms with van der Waals surface area (Å²) in [5.74, 6) is -0.597. The highest BCUT2D eigenvalue weighted by atomic mass is 79.9. The number of H-pyrrole nitrogens is 1. The molecule has 0 aromatic carbocycles. The maximum atomic E-state index is 13.2. The molecule has 1 N–H and O–H groups in total. The Kier molecular flexibility index (Phi) is 2.76. The van der Waals surface area contributed by atoms with Gasteiger partial charge in [-0.25, -0.2) is 9.97 Å². The van der Waals surface area contributed by atoms with Crippen LogP contribution in [0.5, 0.6) is 0 Å². The Labute approximate surface area is 114 Å². The molecule has 0 spiro atoms. The van der Waals surface area contributed by atoms with E-state index < -0.39 is 5.95 Å². The molecule has 0 aliphatic heterocycles. The zero-order chi connectivity index (χ0) is 12.7. The van der Waals surface area contributed by atoms with Gasteiger partial charge in [0.05, 0.1) is 10.7 Å². The lowest BCUT2D eigenvalue weighted by molar-refractivity contribution is 0.584. The van der Waals surface area contributed by atoms with Crippen molar-refractivity contribution in [2.45, 2.75) is 0 Å². The monoisotopic (exact) mass is 326 g/mol. The molecule has 3 heterocycles. The molecule has 0 aliphatic rings. The highest BCUT2D eigenvalue weighted by molar-refractivity contribution is 9.10. The summed E-state index contributed by atoms with van der Waals surface area (Å²) in [6, 6.07) is 3.10. The highest BCUT2D eigenvalue weighted by Crippen LogP contribution is 2.31. The molecule has 0 radical (unpaired) electrons. The summed E-state index contributed by atoms with van der Waals surface area (Å²) in [4.78, 5) is 7.63. The van der Waals surface area contributed by atoms with Gasteiger partial charge >= 0.3 is 0 Å². The second kappa shape index (κ2) is 4.29. The van der Waals surface area contributed by atoms with E-state index >= 15 is 0 Å². The number of aromatic amines is 1. The largest absolute Gasteiger partial charge is 0.275 e. The Balaban J connectivity index is 2.31. The fourth-order valence-corrected chi connectivity index (χ4v) is 2.21. The van der Waals surface area contributed by atoms with Crippen molar-refractivity contribution < 1.29 is 4.39 Å². The van der Waals surface area contributed by atoms with Gasteiger partial charge in [-0.1, -0.05) is 11.6 Å². The van der Waals surface area contributed by atoms with E-state index in [1.165, 1.54) is 12.3 Å². The molecule has 3 rings (SSSR count). The topological polar surface area (TPSA) is 54.5 Å². The van der Waals surface area contributed by atoms with E-state index in [4.69, 9.17) is 11.6 Å². The number of hydrogen-bond acceptors (Lipinski definition) is 3. The molecule has 0 atom stereocenters. The minimum atomic E-state index is -0.597. The summed E-state index contributed by atoms with van der Waals surface area (Å²) in [5, 5.41) is 7.97. The van der Waals surface area contributed by atoms with Crippen molar-refractivity contribution in [3.8, 4) is 11.3 Å². The lowest BCUT2D eigenvalue weighted by Gasteiger charge is -2.01. The van der Waals surface area contributed by atoms with Crippen LogP contribution in [0.4, 0.5) is 4.39 Å². The van der Waals surface area contributed by atoms with Crippen LogP contribution in [0.15, 0.2) is 29.0 Å². The number of hydrogen-bond donors (Lipinski definition) is 1. The maximum Gasteiger partial charge on any atom is 0.213 e. The zero-order valence-corrected chi connectivity index (χ0v) is 11.1. The van der Waals surface area contributed by atoms with E-state index in [1.807, 2.05) is 6.07 Å². The van der Waals surface area contributed by atoms with Crippen molar-refractivity contribution in [3.63, 3.8) is 0 Å². The van der Waals surface area contributed by atoms with Crippen LogP contribution in [0.1, 0.15) is 0 Å². The van der Waals surface area contributed by atoms with Gasteiger partial charge in [0.1, 0.15) is 0 Å². The van der Waals surface area contributed by atoms with E-state index in [1.54, 1.807) is 6.20 Å². The average molecular weight is 328 g/mol. The van der Waals surface area contributed by atoms with Gasteiger partial charge in [0.25, 0.3) is 0 Å². The molecular formula is C11H5BrClFN4. The van der Waals surface area contributed by atoms with Crippen LogP contribution in [0.2, 0.25) is 5.02 Å². The minimum Gasteiger partial charge on any atom is -0.275 e. The first-order chi connectivity index (χ1) is 8.65. The van der Waals surface area contributed by atoms with Crippen LogP contribution in [-0.4, -0.2) is 20.2 Å². The third-order valence-corrected chi connectivity index (χ3v) is 3.20. The number of aromatic nitrogens is 4. The van der Waals surface area contributed by atoms with Gasteiger partial charge < -0.3 is 0 Å². The third kappa shape index (κ3) is 1.87. The van der Waals surface area contributed by atoms with Gasteiger partial charge in [0.15, 0.2) is 5.65 Å². The number of halogens is 3. The number of pyridine rings is 2. The normalized spacial score (nSPS) is 11.1. The number of fused-ring (bicyclic) bond motifs is 1. The van der Waals surface area contributed by atoms with Crippen molar-refractivity contribution in [3.05, 3.63) is 40.0 Å². The van der Waals surface area contributed by atoms with Crippen LogP contribution in [0, 0.1) is 5.95 Å². The van der Waals surface area contributed by atoms with Gasteiger partial charge in [0, 0.05) is 33.9 Å². The lowest BCUT2D eigenvalue weighted by atomic mass is 10.1. The fourth-order valence-electron chi connectivity index (χ4n) is 1.68.